The molecule has 0 unspecified atom stereocenters. The second-order valence-electron chi connectivity index (χ2n) is 13.4. The van der Waals surface area contributed by atoms with Gasteiger partial charge >= 0.3 is 11.9 Å². The van der Waals surface area contributed by atoms with Crippen molar-refractivity contribution in [2.75, 3.05) is 19.8 Å². The number of carbonyl (C=O) groups is 2. The van der Waals surface area contributed by atoms with Crippen LogP contribution in [0.3, 0.4) is 0 Å². The Morgan fingerprint density at radius 1 is 0.574 bits per heavy atom. The molecule has 0 aromatic carbocycles. The molecule has 0 amide bonds. The molecule has 0 bridgehead atoms. The van der Waals surface area contributed by atoms with E-state index in [2.05, 4.69) is 13.8 Å². The Bertz CT molecular complexity index is 749. The van der Waals surface area contributed by atoms with Crippen LogP contribution in [0, 0.1) is 0 Å². The van der Waals surface area contributed by atoms with Gasteiger partial charge in [-0.3, -0.25) is 9.59 Å². The van der Waals surface area contributed by atoms with Crippen molar-refractivity contribution in [1.29, 1.82) is 0 Å². The lowest BCUT2D eigenvalue weighted by atomic mass is 9.99. The van der Waals surface area contributed by atoms with E-state index in [1.54, 1.807) is 0 Å². The highest BCUT2D eigenvalue weighted by Gasteiger charge is 2.44. The third-order valence-electron chi connectivity index (χ3n) is 8.99. The molecule has 1 aliphatic rings. The van der Waals surface area contributed by atoms with E-state index >= 15 is 0 Å². The predicted octanol–water partition coefficient (Wildman–Crippen LogP) is 6.66. The maximum atomic E-state index is 12.7. The number of hydrogen-bond acceptors (Lipinski definition) is 10. The van der Waals surface area contributed by atoms with Gasteiger partial charge in [-0.25, -0.2) is 0 Å². The third kappa shape index (κ3) is 22.1. The monoisotopic (exact) mass is 674 g/mol. The van der Waals surface area contributed by atoms with E-state index in [-0.39, 0.29) is 32.0 Å². The van der Waals surface area contributed by atoms with Crippen molar-refractivity contribution in [3.8, 4) is 0 Å². The molecule has 1 saturated heterocycles. The molecule has 0 aromatic rings. The zero-order valence-corrected chi connectivity index (χ0v) is 29.8. The van der Waals surface area contributed by atoms with Crippen LogP contribution in [0.2, 0.25) is 0 Å². The Kier molecular flexibility index (Phi) is 27.5. The zero-order chi connectivity index (χ0) is 34.5. The standard InChI is InChI=1S/C37H70O10/c1-3-5-7-9-11-13-14-15-16-18-20-22-24-26-33(40)46-30(29-45-37-36(43)35(42)34(41)31(27-38)47-37)28-44-32(39)25-23-21-19-17-12-10-8-6-4-2/h30-31,34-38,41-43H,3-29H2,1-2H3/t30-,31+,34+,35+,36+,37-/m1/s1. The summed E-state index contributed by atoms with van der Waals surface area (Å²) < 4.78 is 22.0. The van der Waals surface area contributed by atoms with Crippen LogP contribution in [0.5, 0.6) is 0 Å². The Labute approximate surface area is 285 Å². The van der Waals surface area contributed by atoms with E-state index in [1.165, 1.54) is 96.3 Å². The van der Waals surface area contributed by atoms with Gasteiger partial charge < -0.3 is 39.4 Å². The smallest absolute Gasteiger partial charge is 0.306 e. The summed E-state index contributed by atoms with van der Waals surface area (Å²) in [5.41, 5.74) is 0. The molecular formula is C37H70O10. The van der Waals surface area contributed by atoms with Gasteiger partial charge in [0.05, 0.1) is 13.2 Å². The first-order valence-electron chi connectivity index (χ1n) is 19.1. The number of aliphatic hydroxyl groups is 4. The fourth-order valence-corrected chi connectivity index (χ4v) is 5.89. The summed E-state index contributed by atoms with van der Waals surface area (Å²) in [6.45, 7) is 3.39. The van der Waals surface area contributed by atoms with E-state index in [1.807, 2.05) is 0 Å². The summed E-state index contributed by atoms with van der Waals surface area (Å²) >= 11 is 0. The fraction of sp³-hybridized carbons (Fsp3) is 0.946. The number of rotatable bonds is 31. The number of carbonyl (C=O) groups excluding carboxylic acids is 2. The molecular weight excluding hydrogens is 604 g/mol. The summed E-state index contributed by atoms with van der Waals surface area (Å²) in [6, 6.07) is 0. The molecule has 0 aromatic heterocycles. The molecule has 4 N–H and O–H groups in total. The van der Waals surface area contributed by atoms with Crippen LogP contribution in [0.15, 0.2) is 0 Å². The number of unbranched alkanes of at least 4 members (excludes halogenated alkanes) is 20. The summed E-state index contributed by atoms with van der Waals surface area (Å²) in [4.78, 5) is 25.1. The van der Waals surface area contributed by atoms with E-state index in [4.69, 9.17) is 18.9 Å². The van der Waals surface area contributed by atoms with Gasteiger partial charge in [0.1, 0.15) is 31.0 Å². The van der Waals surface area contributed by atoms with E-state index < -0.39 is 49.4 Å². The van der Waals surface area contributed by atoms with Crippen LogP contribution in [-0.4, -0.2) is 89.0 Å². The minimum absolute atomic E-state index is 0.210. The van der Waals surface area contributed by atoms with Crippen molar-refractivity contribution >= 4 is 11.9 Å². The Morgan fingerprint density at radius 3 is 1.45 bits per heavy atom. The Hall–Kier alpha value is -1.30. The lowest BCUT2D eigenvalue weighted by molar-refractivity contribution is -0.305. The SMILES string of the molecule is CCCCCCCCCCCCCCCC(=O)O[C@H](COC(=O)CCCCCCCCCCC)CO[C@@H]1O[C@@H](CO)[C@H](O)[C@H](O)[C@@H]1O. The second-order valence-corrected chi connectivity index (χ2v) is 13.4. The molecule has 1 fully saturated rings. The molecule has 0 saturated carbocycles. The lowest BCUT2D eigenvalue weighted by Gasteiger charge is -2.39. The van der Waals surface area contributed by atoms with Gasteiger partial charge in [-0.2, -0.15) is 0 Å². The fourth-order valence-electron chi connectivity index (χ4n) is 5.89. The molecule has 0 spiro atoms. The molecule has 1 aliphatic heterocycles. The summed E-state index contributed by atoms with van der Waals surface area (Å²) in [6.07, 6.45) is 18.3. The van der Waals surface area contributed by atoms with Crippen LogP contribution in [-0.2, 0) is 28.5 Å². The molecule has 47 heavy (non-hydrogen) atoms. The first-order chi connectivity index (χ1) is 22.8. The normalized spacial score (nSPS) is 21.9. The van der Waals surface area contributed by atoms with Gasteiger partial charge in [0.25, 0.3) is 0 Å². The van der Waals surface area contributed by atoms with Crippen molar-refractivity contribution in [1.82, 2.24) is 0 Å². The van der Waals surface area contributed by atoms with Crippen LogP contribution in [0.4, 0.5) is 0 Å². The molecule has 0 aliphatic carbocycles. The molecule has 278 valence electrons. The molecule has 10 heteroatoms. The number of aliphatic hydroxyl groups excluding tert-OH is 4. The second kappa shape index (κ2) is 29.6. The highest BCUT2D eigenvalue weighted by molar-refractivity contribution is 5.70. The largest absolute Gasteiger partial charge is 0.462 e. The van der Waals surface area contributed by atoms with Crippen molar-refractivity contribution in [3.05, 3.63) is 0 Å². The number of hydrogen-bond donors (Lipinski definition) is 4. The highest BCUT2D eigenvalue weighted by atomic mass is 16.7. The minimum atomic E-state index is -1.59. The van der Waals surface area contributed by atoms with E-state index in [9.17, 15) is 30.0 Å². The molecule has 6 atom stereocenters. The van der Waals surface area contributed by atoms with Gasteiger partial charge in [0, 0.05) is 12.8 Å². The Balaban J connectivity index is 2.39. The average molecular weight is 675 g/mol. The van der Waals surface area contributed by atoms with E-state index in [0.29, 0.717) is 6.42 Å². The molecule has 1 rings (SSSR count). The van der Waals surface area contributed by atoms with Gasteiger partial charge in [-0.1, -0.05) is 142 Å². The Morgan fingerprint density at radius 2 is 1.00 bits per heavy atom. The first-order valence-corrected chi connectivity index (χ1v) is 19.1. The van der Waals surface area contributed by atoms with Crippen molar-refractivity contribution in [2.24, 2.45) is 0 Å². The quantitative estimate of drug-likeness (QED) is 0.0464. The van der Waals surface area contributed by atoms with Crippen LogP contribution in [0.25, 0.3) is 0 Å². The van der Waals surface area contributed by atoms with E-state index in [0.717, 1.165) is 38.5 Å². The molecule has 10 nitrogen and oxygen atoms in total. The van der Waals surface area contributed by atoms with Gasteiger partial charge in [-0.05, 0) is 12.8 Å². The molecule has 1 heterocycles. The lowest BCUT2D eigenvalue weighted by Crippen LogP contribution is -2.59. The van der Waals surface area contributed by atoms with Gasteiger partial charge in [0.15, 0.2) is 12.4 Å². The minimum Gasteiger partial charge on any atom is -0.462 e. The summed E-state index contributed by atoms with van der Waals surface area (Å²) in [5, 5.41) is 39.8. The molecule has 0 radical (unpaired) electrons. The van der Waals surface area contributed by atoms with Crippen LogP contribution >= 0.6 is 0 Å². The maximum Gasteiger partial charge on any atom is 0.306 e. The zero-order valence-electron chi connectivity index (χ0n) is 29.8. The first kappa shape index (κ1) is 43.7. The summed E-state index contributed by atoms with van der Waals surface area (Å²) in [5.74, 6) is -0.802. The topological polar surface area (TPSA) is 152 Å². The van der Waals surface area contributed by atoms with Crippen molar-refractivity contribution in [2.45, 2.75) is 205 Å². The average Bonchev–Trinajstić information content (AvgIpc) is 3.06. The third-order valence-corrected chi connectivity index (χ3v) is 8.99. The van der Waals surface area contributed by atoms with Crippen LogP contribution < -0.4 is 0 Å². The maximum absolute atomic E-state index is 12.7. The number of ether oxygens (including phenoxy) is 4. The number of esters is 2. The summed E-state index contributed by atoms with van der Waals surface area (Å²) in [7, 11) is 0. The van der Waals surface area contributed by atoms with Crippen molar-refractivity contribution < 1.29 is 49.0 Å². The predicted molar refractivity (Wildman–Crippen MR) is 183 cm³/mol. The van der Waals surface area contributed by atoms with Gasteiger partial charge in [-0.15, -0.1) is 0 Å². The van der Waals surface area contributed by atoms with Crippen molar-refractivity contribution in [3.63, 3.8) is 0 Å². The highest BCUT2D eigenvalue weighted by Crippen LogP contribution is 2.22. The van der Waals surface area contributed by atoms with Gasteiger partial charge in [0.2, 0.25) is 0 Å². The van der Waals surface area contributed by atoms with Crippen LogP contribution in [0.1, 0.15) is 168 Å².